The lowest BCUT2D eigenvalue weighted by atomic mass is 9.85. The Morgan fingerprint density at radius 3 is 2.45 bits per heavy atom. The Hall–Kier alpha value is -1.34. The van der Waals surface area contributed by atoms with E-state index in [4.69, 9.17) is 9.47 Å². The summed E-state index contributed by atoms with van der Waals surface area (Å²) in [5, 5.41) is 12.1. The third-order valence-corrected chi connectivity index (χ3v) is 3.95. The largest absolute Gasteiger partial charge is 0.481 e. The lowest BCUT2D eigenvalue weighted by Crippen LogP contribution is -2.57. The van der Waals surface area contributed by atoms with E-state index in [0.717, 1.165) is 0 Å². The van der Waals surface area contributed by atoms with Crippen LogP contribution in [0.5, 0.6) is 0 Å². The summed E-state index contributed by atoms with van der Waals surface area (Å²) in [6.45, 7) is 6.78. The summed E-state index contributed by atoms with van der Waals surface area (Å²) < 4.78 is 10.8. The van der Waals surface area contributed by atoms with Crippen LogP contribution in [0.3, 0.4) is 0 Å². The molecule has 2 unspecified atom stereocenters. The molecule has 2 fully saturated rings. The molecule has 0 saturated carbocycles. The quantitative estimate of drug-likeness (QED) is 0.762. The molecule has 7 heteroatoms. The molecule has 0 aromatic rings. The third-order valence-electron chi connectivity index (χ3n) is 3.95. The van der Waals surface area contributed by atoms with Crippen molar-refractivity contribution in [2.45, 2.75) is 39.0 Å². The van der Waals surface area contributed by atoms with Gasteiger partial charge >= 0.3 is 12.0 Å². The Morgan fingerprint density at radius 1 is 1.30 bits per heavy atom. The van der Waals surface area contributed by atoms with Crippen LogP contribution in [0.15, 0.2) is 0 Å². The summed E-state index contributed by atoms with van der Waals surface area (Å²) in [5.74, 6) is -0.955. The van der Waals surface area contributed by atoms with Gasteiger partial charge in [0.05, 0.1) is 31.5 Å². The monoisotopic (exact) mass is 286 g/mol. The van der Waals surface area contributed by atoms with Crippen molar-refractivity contribution in [3.63, 3.8) is 0 Å². The van der Waals surface area contributed by atoms with Crippen molar-refractivity contribution in [3.8, 4) is 0 Å². The molecule has 0 bridgehead atoms. The molecule has 7 nitrogen and oxygen atoms in total. The number of hydrogen-bond acceptors (Lipinski definition) is 4. The Balaban J connectivity index is 1.99. The van der Waals surface area contributed by atoms with Crippen molar-refractivity contribution in [2.75, 3.05) is 26.3 Å². The van der Waals surface area contributed by atoms with Gasteiger partial charge in [-0.15, -0.1) is 0 Å². The number of nitrogens with zero attached hydrogens (tertiary/aromatic N) is 1. The van der Waals surface area contributed by atoms with Crippen molar-refractivity contribution >= 4 is 12.0 Å². The molecule has 2 saturated heterocycles. The van der Waals surface area contributed by atoms with Crippen molar-refractivity contribution in [2.24, 2.45) is 5.41 Å². The fraction of sp³-hybridized carbons (Fsp3) is 0.846. The SMILES string of the molecule is C[C@@H]1CN(C(=O)NC2COCC2(C)C(=O)O)C[C@H](C)O1. The maximum atomic E-state index is 12.3. The van der Waals surface area contributed by atoms with Crippen molar-refractivity contribution in [3.05, 3.63) is 0 Å². The predicted molar refractivity (Wildman–Crippen MR) is 70.5 cm³/mol. The minimum Gasteiger partial charge on any atom is -0.481 e. The Labute approximate surface area is 118 Å². The molecule has 20 heavy (non-hydrogen) atoms. The fourth-order valence-electron chi connectivity index (χ4n) is 2.67. The number of morpholine rings is 1. The Kier molecular flexibility index (Phi) is 4.19. The molecule has 0 aromatic carbocycles. The number of carboxylic acids is 1. The maximum absolute atomic E-state index is 12.3. The lowest BCUT2D eigenvalue weighted by Gasteiger charge is -2.36. The molecule has 0 aromatic heterocycles. The van der Waals surface area contributed by atoms with Crippen LogP contribution < -0.4 is 5.32 Å². The second-order valence-electron chi connectivity index (χ2n) is 5.90. The molecule has 4 atom stereocenters. The normalized spacial score (nSPS) is 37.8. The Bertz CT molecular complexity index is 392. The van der Waals surface area contributed by atoms with Gasteiger partial charge in [0.1, 0.15) is 5.41 Å². The van der Waals surface area contributed by atoms with Gasteiger partial charge in [0.15, 0.2) is 0 Å². The van der Waals surface area contributed by atoms with Crippen LogP contribution in [0.25, 0.3) is 0 Å². The molecule has 2 amide bonds. The zero-order chi connectivity index (χ0) is 14.9. The zero-order valence-electron chi connectivity index (χ0n) is 12.1. The standard InChI is InChI=1S/C13H22N2O5/c1-8-4-15(5-9(2)20-8)12(18)14-10-6-19-7-13(10,3)11(16)17/h8-10H,4-7H2,1-3H3,(H,14,18)(H,16,17)/t8-,9+,10?,13?. The highest BCUT2D eigenvalue weighted by Gasteiger charge is 2.47. The number of carboxylic acid groups (broad SMARTS) is 1. The highest BCUT2D eigenvalue weighted by molar-refractivity contribution is 5.79. The average Bonchev–Trinajstić information content (AvgIpc) is 2.71. The number of aliphatic carboxylic acids is 1. The number of hydrogen-bond donors (Lipinski definition) is 2. The van der Waals surface area contributed by atoms with Crippen LogP contribution in [-0.2, 0) is 14.3 Å². The molecule has 114 valence electrons. The topological polar surface area (TPSA) is 88.1 Å². The summed E-state index contributed by atoms with van der Waals surface area (Å²) in [6.07, 6.45) is -0.0367. The summed E-state index contributed by atoms with van der Waals surface area (Å²) in [5.41, 5.74) is -1.07. The fourth-order valence-corrected chi connectivity index (χ4v) is 2.67. The molecule has 0 aliphatic carbocycles. The molecule has 0 spiro atoms. The van der Waals surface area contributed by atoms with Crippen molar-refractivity contribution < 1.29 is 24.2 Å². The van der Waals surface area contributed by atoms with E-state index >= 15 is 0 Å². The number of carbonyl (C=O) groups is 2. The summed E-state index contributed by atoms with van der Waals surface area (Å²) in [6, 6.07) is -0.768. The number of amides is 2. The zero-order valence-corrected chi connectivity index (χ0v) is 12.1. The first-order valence-corrected chi connectivity index (χ1v) is 6.85. The van der Waals surface area contributed by atoms with Crippen molar-refractivity contribution in [1.29, 1.82) is 0 Å². The van der Waals surface area contributed by atoms with E-state index in [0.29, 0.717) is 13.1 Å². The van der Waals surface area contributed by atoms with E-state index in [1.807, 2.05) is 13.8 Å². The van der Waals surface area contributed by atoms with Crippen LogP contribution in [0.2, 0.25) is 0 Å². The van der Waals surface area contributed by atoms with Gasteiger partial charge < -0.3 is 24.8 Å². The number of carbonyl (C=O) groups excluding carboxylic acids is 1. The first kappa shape index (κ1) is 15.1. The minimum atomic E-state index is -1.07. The van der Waals surface area contributed by atoms with Gasteiger partial charge in [-0.1, -0.05) is 0 Å². The molecular formula is C13H22N2O5. The second kappa shape index (κ2) is 5.57. The molecule has 2 aliphatic heterocycles. The second-order valence-corrected chi connectivity index (χ2v) is 5.90. The summed E-state index contributed by atoms with van der Waals surface area (Å²) in [7, 11) is 0. The number of urea groups is 1. The van der Waals surface area contributed by atoms with Gasteiger partial charge in [0, 0.05) is 13.1 Å². The third kappa shape index (κ3) is 2.88. The minimum absolute atomic E-state index is 0.0183. The molecule has 2 rings (SSSR count). The van der Waals surface area contributed by atoms with Crippen LogP contribution in [0.1, 0.15) is 20.8 Å². The molecule has 2 aliphatic rings. The number of nitrogens with one attached hydrogen (secondary N) is 1. The first-order chi connectivity index (χ1) is 9.33. The number of ether oxygens (including phenoxy) is 2. The highest BCUT2D eigenvalue weighted by Crippen LogP contribution is 2.29. The maximum Gasteiger partial charge on any atom is 0.317 e. The van der Waals surface area contributed by atoms with Gasteiger partial charge in [-0.05, 0) is 20.8 Å². The lowest BCUT2D eigenvalue weighted by molar-refractivity contribution is -0.148. The van der Waals surface area contributed by atoms with E-state index in [2.05, 4.69) is 5.32 Å². The first-order valence-electron chi connectivity index (χ1n) is 6.85. The van der Waals surface area contributed by atoms with Gasteiger partial charge in [0.25, 0.3) is 0 Å². The van der Waals surface area contributed by atoms with Crippen LogP contribution >= 0.6 is 0 Å². The van der Waals surface area contributed by atoms with E-state index < -0.39 is 17.4 Å². The van der Waals surface area contributed by atoms with Crippen LogP contribution in [0.4, 0.5) is 4.79 Å². The van der Waals surface area contributed by atoms with Crippen molar-refractivity contribution in [1.82, 2.24) is 10.2 Å². The van der Waals surface area contributed by atoms with Gasteiger partial charge in [-0.25, -0.2) is 4.79 Å². The summed E-state index contributed by atoms with van der Waals surface area (Å²) in [4.78, 5) is 25.3. The van der Waals surface area contributed by atoms with E-state index in [-0.39, 0.29) is 31.5 Å². The predicted octanol–water partition coefficient (Wildman–Crippen LogP) is 0.295. The van der Waals surface area contributed by atoms with Gasteiger partial charge in [0.2, 0.25) is 0 Å². The van der Waals surface area contributed by atoms with E-state index in [1.165, 1.54) is 0 Å². The average molecular weight is 286 g/mol. The van der Waals surface area contributed by atoms with Gasteiger partial charge in [-0.3, -0.25) is 4.79 Å². The molecule has 0 radical (unpaired) electrons. The molecule has 2 heterocycles. The Morgan fingerprint density at radius 2 is 1.90 bits per heavy atom. The summed E-state index contributed by atoms with van der Waals surface area (Å²) >= 11 is 0. The van der Waals surface area contributed by atoms with Gasteiger partial charge in [-0.2, -0.15) is 0 Å². The smallest absolute Gasteiger partial charge is 0.317 e. The van der Waals surface area contributed by atoms with E-state index in [9.17, 15) is 14.7 Å². The highest BCUT2D eigenvalue weighted by atomic mass is 16.5. The molecule has 2 N–H and O–H groups in total. The number of rotatable bonds is 2. The van der Waals surface area contributed by atoms with E-state index in [1.54, 1.807) is 11.8 Å². The van der Waals surface area contributed by atoms with Crippen LogP contribution in [-0.4, -0.2) is 66.6 Å². The molecular weight excluding hydrogens is 264 g/mol. The van der Waals surface area contributed by atoms with Crippen LogP contribution in [0, 0.1) is 5.41 Å².